The van der Waals surface area contributed by atoms with Crippen molar-refractivity contribution < 1.29 is 23.0 Å². The fourth-order valence-corrected chi connectivity index (χ4v) is 1.34. The van der Waals surface area contributed by atoms with Gasteiger partial charge < -0.3 is 15.6 Å². The maximum Gasteiger partial charge on any atom is 0.573 e. The molecule has 0 aromatic heterocycles. The van der Waals surface area contributed by atoms with Crippen LogP contribution in [0.1, 0.15) is 5.56 Å². The average Bonchev–Trinajstić information content (AvgIpc) is 2.08. The van der Waals surface area contributed by atoms with Gasteiger partial charge in [0.1, 0.15) is 5.75 Å². The lowest BCUT2D eigenvalue weighted by molar-refractivity contribution is -0.275. The second-order valence-electron chi connectivity index (χ2n) is 2.69. The molecule has 3 N–H and O–H groups in total. The highest BCUT2D eigenvalue weighted by Crippen LogP contribution is 2.32. The number of rotatable bonds is 2. The smallest absolute Gasteiger partial charge is 0.405 e. The Labute approximate surface area is 91.8 Å². The average molecular weight is 286 g/mol. The summed E-state index contributed by atoms with van der Waals surface area (Å²) in [7, 11) is 0. The molecule has 0 spiro atoms. The first-order valence-electron chi connectivity index (χ1n) is 3.78. The number of hydrogen-bond acceptors (Lipinski definition) is 3. The van der Waals surface area contributed by atoms with Gasteiger partial charge in [0, 0.05) is 21.8 Å². The van der Waals surface area contributed by atoms with Crippen LogP contribution in [0.25, 0.3) is 0 Å². The van der Waals surface area contributed by atoms with Crippen LogP contribution < -0.4 is 10.5 Å². The first-order valence-corrected chi connectivity index (χ1v) is 4.57. The molecule has 0 aliphatic rings. The summed E-state index contributed by atoms with van der Waals surface area (Å²) in [4.78, 5) is 0. The Kier molecular flexibility index (Phi) is 3.46. The van der Waals surface area contributed by atoms with Crippen molar-refractivity contribution in [2.24, 2.45) is 0 Å². The number of alkyl halides is 3. The van der Waals surface area contributed by atoms with Crippen LogP contribution in [0.3, 0.4) is 0 Å². The number of ether oxygens (including phenoxy) is 1. The summed E-state index contributed by atoms with van der Waals surface area (Å²) in [5.74, 6) is -0.495. The van der Waals surface area contributed by atoms with E-state index in [0.717, 1.165) is 6.07 Å². The zero-order valence-electron chi connectivity index (χ0n) is 7.31. The standard InChI is InChI=1S/C8H7BrF3NO2/c9-5-1-4(3-14)7(2-6(5)13)15-8(10,11)12/h1-2,14H,3,13H2. The topological polar surface area (TPSA) is 55.5 Å². The van der Waals surface area contributed by atoms with E-state index in [0.29, 0.717) is 4.47 Å². The molecule has 0 atom stereocenters. The van der Waals surface area contributed by atoms with E-state index in [1.54, 1.807) is 0 Å². The molecule has 0 unspecified atom stereocenters. The van der Waals surface area contributed by atoms with Gasteiger partial charge in [-0.2, -0.15) is 0 Å². The minimum atomic E-state index is -4.80. The molecule has 15 heavy (non-hydrogen) atoms. The number of benzene rings is 1. The summed E-state index contributed by atoms with van der Waals surface area (Å²) in [6.07, 6.45) is -4.80. The van der Waals surface area contributed by atoms with Crippen LogP contribution >= 0.6 is 15.9 Å². The van der Waals surface area contributed by atoms with E-state index in [-0.39, 0.29) is 11.3 Å². The number of hydrogen-bond donors (Lipinski definition) is 2. The zero-order chi connectivity index (χ0) is 11.6. The van der Waals surface area contributed by atoms with E-state index in [2.05, 4.69) is 20.7 Å². The lowest BCUT2D eigenvalue weighted by Crippen LogP contribution is -2.18. The highest BCUT2D eigenvalue weighted by molar-refractivity contribution is 9.10. The summed E-state index contributed by atoms with van der Waals surface area (Å²) in [6, 6.07) is 2.28. The number of nitrogens with two attached hydrogens (primary N) is 1. The Hall–Kier alpha value is -0.950. The second kappa shape index (κ2) is 4.28. The Morgan fingerprint density at radius 2 is 2.00 bits per heavy atom. The van der Waals surface area contributed by atoms with E-state index < -0.39 is 18.7 Å². The molecule has 0 fully saturated rings. The lowest BCUT2D eigenvalue weighted by Gasteiger charge is -2.13. The van der Waals surface area contributed by atoms with Crippen LogP contribution in [0.15, 0.2) is 16.6 Å². The van der Waals surface area contributed by atoms with E-state index in [4.69, 9.17) is 10.8 Å². The summed E-state index contributed by atoms with van der Waals surface area (Å²) < 4.78 is 39.9. The van der Waals surface area contributed by atoms with Crippen LogP contribution in [0, 0.1) is 0 Å². The van der Waals surface area contributed by atoms with Gasteiger partial charge in [-0.15, -0.1) is 13.2 Å². The van der Waals surface area contributed by atoms with E-state index in [1.165, 1.54) is 6.07 Å². The lowest BCUT2D eigenvalue weighted by atomic mass is 10.2. The molecular formula is C8H7BrF3NO2. The van der Waals surface area contributed by atoms with Gasteiger partial charge in [0.2, 0.25) is 0 Å². The van der Waals surface area contributed by atoms with Crippen LogP contribution in [-0.4, -0.2) is 11.5 Å². The Bertz CT molecular complexity index is 368. The largest absolute Gasteiger partial charge is 0.573 e. The van der Waals surface area contributed by atoms with Gasteiger partial charge in [0.05, 0.1) is 6.61 Å². The molecule has 0 saturated heterocycles. The summed E-state index contributed by atoms with van der Waals surface area (Å²) in [5.41, 5.74) is 5.50. The molecule has 0 heterocycles. The van der Waals surface area contributed by atoms with Crippen molar-refractivity contribution in [2.45, 2.75) is 13.0 Å². The maximum absolute atomic E-state index is 11.9. The van der Waals surface area contributed by atoms with Gasteiger partial charge in [-0.1, -0.05) is 0 Å². The minimum Gasteiger partial charge on any atom is -0.405 e. The number of aliphatic hydroxyl groups is 1. The first kappa shape index (κ1) is 12.1. The molecule has 0 amide bonds. The molecule has 3 nitrogen and oxygen atoms in total. The molecule has 84 valence electrons. The Balaban J connectivity index is 3.11. The molecular weight excluding hydrogens is 279 g/mol. The quantitative estimate of drug-likeness (QED) is 0.821. The van der Waals surface area contributed by atoms with Crippen molar-refractivity contribution >= 4 is 21.6 Å². The van der Waals surface area contributed by atoms with Gasteiger partial charge in [0.15, 0.2) is 0 Å². The third-order valence-corrected chi connectivity index (χ3v) is 2.26. The van der Waals surface area contributed by atoms with Crippen molar-refractivity contribution in [2.75, 3.05) is 5.73 Å². The summed E-state index contributed by atoms with van der Waals surface area (Å²) >= 11 is 3.03. The van der Waals surface area contributed by atoms with Crippen molar-refractivity contribution in [3.63, 3.8) is 0 Å². The number of nitrogen functional groups attached to an aromatic ring is 1. The SMILES string of the molecule is Nc1cc(OC(F)(F)F)c(CO)cc1Br. The van der Waals surface area contributed by atoms with Crippen LogP contribution in [0.2, 0.25) is 0 Å². The zero-order valence-corrected chi connectivity index (χ0v) is 8.89. The summed E-state index contributed by atoms with van der Waals surface area (Å²) in [6.45, 7) is -0.565. The van der Waals surface area contributed by atoms with Crippen LogP contribution in [0.5, 0.6) is 5.75 Å². The molecule has 1 aromatic rings. The molecule has 0 saturated carbocycles. The molecule has 1 aromatic carbocycles. The maximum atomic E-state index is 11.9. The number of anilines is 1. The normalized spacial score (nSPS) is 11.5. The van der Waals surface area contributed by atoms with E-state index in [9.17, 15) is 13.2 Å². The van der Waals surface area contributed by atoms with Crippen molar-refractivity contribution in [3.8, 4) is 5.75 Å². The molecule has 7 heteroatoms. The molecule has 0 radical (unpaired) electrons. The predicted molar refractivity (Wildman–Crippen MR) is 51.2 cm³/mol. The van der Waals surface area contributed by atoms with Crippen molar-refractivity contribution in [1.82, 2.24) is 0 Å². The fourth-order valence-electron chi connectivity index (χ4n) is 0.954. The third kappa shape index (κ3) is 3.28. The number of halogens is 4. The van der Waals surface area contributed by atoms with Gasteiger partial charge in [-0.3, -0.25) is 0 Å². The van der Waals surface area contributed by atoms with Gasteiger partial charge in [-0.05, 0) is 22.0 Å². The van der Waals surface area contributed by atoms with Gasteiger partial charge in [-0.25, -0.2) is 0 Å². The van der Waals surface area contributed by atoms with Crippen LogP contribution in [-0.2, 0) is 6.61 Å². The Morgan fingerprint density at radius 1 is 1.40 bits per heavy atom. The molecule has 1 rings (SSSR count). The third-order valence-electron chi connectivity index (χ3n) is 1.58. The van der Waals surface area contributed by atoms with Crippen molar-refractivity contribution in [1.29, 1.82) is 0 Å². The first-order chi connectivity index (χ1) is 6.83. The fraction of sp³-hybridized carbons (Fsp3) is 0.250. The van der Waals surface area contributed by atoms with E-state index in [1.807, 2.05) is 0 Å². The van der Waals surface area contributed by atoms with Crippen LogP contribution in [0.4, 0.5) is 18.9 Å². The van der Waals surface area contributed by atoms with Gasteiger partial charge in [0.25, 0.3) is 0 Å². The highest BCUT2D eigenvalue weighted by Gasteiger charge is 2.32. The van der Waals surface area contributed by atoms with Crippen molar-refractivity contribution in [3.05, 3.63) is 22.2 Å². The molecule has 0 bridgehead atoms. The number of aliphatic hydroxyl groups excluding tert-OH is 1. The Morgan fingerprint density at radius 3 is 2.47 bits per heavy atom. The highest BCUT2D eigenvalue weighted by atomic mass is 79.9. The van der Waals surface area contributed by atoms with E-state index >= 15 is 0 Å². The molecule has 0 aliphatic carbocycles. The summed E-state index contributed by atoms with van der Waals surface area (Å²) in [5, 5.41) is 8.82. The molecule has 0 aliphatic heterocycles. The second-order valence-corrected chi connectivity index (χ2v) is 3.54. The monoisotopic (exact) mass is 285 g/mol. The van der Waals surface area contributed by atoms with Gasteiger partial charge >= 0.3 is 6.36 Å². The predicted octanol–water partition coefficient (Wildman–Crippen LogP) is 2.42. The minimum absolute atomic E-state index is 0.00778.